The lowest BCUT2D eigenvalue weighted by molar-refractivity contribution is -0.110. The maximum absolute atomic E-state index is 12.6. The zero-order chi connectivity index (χ0) is 20.4. The highest BCUT2D eigenvalue weighted by Crippen LogP contribution is 2.39. The maximum Gasteiger partial charge on any atom is 0.256 e. The van der Waals surface area contributed by atoms with E-state index in [1.54, 1.807) is 37.6 Å². The summed E-state index contributed by atoms with van der Waals surface area (Å²) in [4.78, 5) is 15.7. The van der Waals surface area contributed by atoms with E-state index in [1.807, 2.05) is 0 Å². The Labute approximate surface area is 167 Å². The van der Waals surface area contributed by atoms with Crippen LogP contribution in [0, 0.1) is 11.8 Å². The van der Waals surface area contributed by atoms with Crippen LogP contribution in [-0.2, 0) is 9.53 Å². The van der Waals surface area contributed by atoms with Crippen molar-refractivity contribution < 1.29 is 24.6 Å². The first-order valence-corrected chi connectivity index (χ1v) is 9.20. The van der Waals surface area contributed by atoms with Gasteiger partial charge in [-0.05, 0) is 24.3 Å². The van der Waals surface area contributed by atoms with Gasteiger partial charge in [0.2, 0.25) is 0 Å². The molecule has 4 rings (SSSR count). The van der Waals surface area contributed by atoms with E-state index in [2.05, 4.69) is 27.6 Å². The molecule has 5 N–H and O–H groups in total. The number of benzene rings is 1. The van der Waals surface area contributed by atoms with Gasteiger partial charge in [-0.15, -0.1) is 0 Å². The normalized spacial score (nSPS) is 18.6. The Hall–Kier alpha value is -3.25. The van der Waals surface area contributed by atoms with Crippen molar-refractivity contribution >= 4 is 28.9 Å². The molecule has 0 spiro atoms. The average molecular weight is 395 g/mol. The second-order valence-corrected chi connectivity index (χ2v) is 6.89. The van der Waals surface area contributed by atoms with Crippen LogP contribution in [0.2, 0.25) is 0 Å². The third-order valence-corrected chi connectivity index (χ3v) is 5.08. The highest BCUT2D eigenvalue weighted by atomic mass is 16.5. The Kier molecular flexibility index (Phi) is 5.03. The van der Waals surface area contributed by atoms with Crippen molar-refractivity contribution in [2.24, 2.45) is 0 Å². The molecular weight excluding hydrogens is 374 g/mol. The molecule has 0 radical (unpaired) electrons. The van der Waals surface area contributed by atoms with Crippen molar-refractivity contribution in [1.29, 1.82) is 0 Å². The summed E-state index contributed by atoms with van der Waals surface area (Å²) in [7, 11) is 1.55. The summed E-state index contributed by atoms with van der Waals surface area (Å²) in [5.41, 5.74) is 3.86. The molecule has 150 valence electrons. The molecule has 8 nitrogen and oxygen atoms in total. The SMILES string of the molecule is COc1cc[nH]c1/C=C1\C(=O)Nc2ccc(NO)c(C#CC3(O)CCOCC3)c21. The fourth-order valence-electron chi connectivity index (χ4n) is 3.47. The molecule has 1 amide bonds. The number of aliphatic hydroxyl groups is 1. The van der Waals surface area contributed by atoms with E-state index in [9.17, 15) is 15.1 Å². The monoisotopic (exact) mass is 395 g/mol. The van der Waals surface area contributed by atoms with Gasteiger partial charge in [-0.3, -0.25) is 15.5 Å². The Bertz CT molecular complexity index is 1040. The Morgan fingerprint density at radius 3 is 2.83 bits per heavy atom. The number of nitrogens with one attached hydrogen (secondary N) is 3. The van der Waals surface area contributed by atoms with Crippen molar-refractivity contribution in [2.75, 3.05) is 31.1 Å². The standard InChI is InChI=1S/C21H21N3O5/c1-28-18-5-9-22-17(18)12-14-19-13(4-6-21(26)7-10-29-11-8-21)15(24-27)2-3-16(19)23-20(14)25/h2-3,5,9,12,22,24,26-27H,7-8,10-11H2,1H3,(H,23,25)/b14-12-. The van der Waals surface area contributed by atoms with E-state index < -0.39 is 5.60 Å². The van der Waals surface area contributed by atoms with Gasteiger partial charge >= 0.3 is 0 Å². The molecule has 0 bridgehead atoms. The maximum atomic E-state index is 12.6. The predicted molar refractivity (Wildman–Crippen MR) is 108 cm³/mol. The van der Waals surface area contributed by atoms with E-state index in [-0.39, 0.29) is 5.91 Å². The van der Waals surface area contributed by atoms with Gasteiger partial charge in [0.1, 0.15) is 11.4 Å². The van der Waals surface area contributed by atoms with Gasteiger partial charge in [-0.2, -0.15) is 0 Å². The van der Waals surface area contributed by atoms with Crippen LogP contribution < -0.4 is 15.5 Å². The van der Waals surface area contributed by atoms with E-state index in [4.69, 9.17) is 9.47 Å². The topological polar surface area (TPSA) is 116 Å². The van der Waals surface area contributed by atoms with Gasteiger partial charge in [-0.1, -0.05) is 11.8 Å². The Morgan fingerprint density at radius 2 is 2.10 bits per heavy atom. The molecule has 0 saturated carbocycles. The molecule has 2 aliphatic heterocycles. The first-order valence-electron chi connectivity index (χ1n) is 9.20. The van der Waals surface area contributed by atoms with Crippen LogP contribution >= 0.6 is 0 Å². The smallest absolute Gasteiger partial charge is 0.256 e. The van der Waals surface area contributed by atoms with Gasteiger partial charge < -0.3 is 24.9 Å². The quantitative estimate of drug-likeness (QED) is 0.309. The number of aromatic nitrogens is 1. The Balaban J connectivity index is 1.84. The lowest BCUT2D eigenvalue weighted by atomic mass is 9.93. The second kappa shape index (κ2) is 7.64. The molecule has 0 atom stereocenters. The molecule has 3 heterocycles. The van der Waals surface area contributed by atoms with Crippen LogP contribution in [0.1, 0.15) is 29.7 Å². The minimum atomic E-state index is -1.17. The first-order chi connectivity index (χ1) is 14.0. The van der Waals surface area contributed by atoms with E-state index in [1.165, 1.54) is 0 Å². The van der Waals surface area contributed by atoms with Crippen LogP contribution in [0.5, 0.6) is 5.75 Å². The first kappa shape index (κ1) is 19.1. The zero-order valence-corrected chi connectivity index (χ0v) is 15.8. The number of aromatic amines is 1. The molecule has 2 aromatic rings. The van der Waals surface area contributed by atoms with Crippen molar-refractivity contribution in [1.82, 2.24) is 4.98 Å². The molecule has 1 aromatic carbocycles. The number of methoxy groups -OCH3 is 1. The number of hydrogen-bond acceptors (Lipinski definition) is 6. The van der Waals surface area contributed by atoms with Crippen molar-refractivity contribution in [3.63, 3.8) is 0 Å². The fourth-order valence-corrected chi connectivity index (χ4v) is 3.47. The Morgan fingerprint density at radius 1 is 1.31 bits per heavy atom. The summed E-state index contributed by atoms with van der Waals surface area (Å²) in [5, 5.41) is 23.1. The largest absolute Gasteiger partial charge is 0.495 e. The summed E-state index contributed by atoms with van der Waals surface area (Å²) in [6.45, 7) is 0.863. The highest BCUT2D eigenvalue weighted by molar-refractivity contribution is 6.35. The number of H-pyrrole nitrogens is 1. The van der Waals surface area contributed by atoms with Gasteiger partial charge in [0.25, 0.3) is 5.91 Å². The lowest BCUT2D eigenvalue weighted by Gasteiger charge is -2.26. The molecular formula is C21H21N3O5. The number of fused-ring (bicyclic) bond motifs is 1. The molecule has 0 aliphatic carbocycles. The highest BCUT2D eigenvalue weighted by Gasteiger charge is 2.30. The molecule has 8 heteroatoms. The summed E-state index contributed by atoms with van der Waals surface area (Å²) in [6, 6.07) is 5.06. The third kappa shape index (κ3) is 3.59. The molecule has 1 aromatic heterocycles. The molecule has 29 heavy (non-hydrogen) atoms. The van der Waals surface area contributed by atoms with Gasteiger partial charge in [0.15, 0.2) is 0 Å². The zero-order valence-electron chi connectivity index (χ0n) is 15.8. The van der Waals surface area contributed by atoms with Crippen LogP contribution in [-0.4, -0.2) is 47.1 Å². The van der Waals surface area contributed by atoms with Crippen molar-refractivity contribution in [3.05, 3.63) is 41.2 Å². The number of hydrogen-bond donors (Lipinski definition) is 5. The van der Waals surface area contributed by atoms with Crippen LogP contribution in [0.4, 0.5) is 11.4 Å². The minimum absolute atomic E-state index is 0.292. The lowest BCUT2D eigenvalue weighted by Crippen LogP contribution is -2.34. The number of carbonyl (C=O) groups excluding carboxylic acids is 1. The number of rotatable bonds is 3. The summed E-state index contributed by atoms with van der Waals surface area (Å²) < 4.78 is 10.6. The van der Waals surface area contributed by atoms with Gasteiger partial charge in [0.05, 0.1) is 48.5 Å². The number of ether oxygens (including phenoxy) is 2. The number of amides is 1. The summed E-state index contributed by atoms with van der Waals surface area (Å²) in [5.74, 6) is 6.20. The van der Waals surface area contributed by atoms with Crippen molar-refractivity contribution in [2.45, 2.75) is 18.4 Å². The fraction of sp³-hybridized carbons (Fsp3) is 0.286. The van der Waals surface area contributed by atoms with Crippen LogP contribution in [0.3, 0.4) is 0 Å². The van der Waals surface area contributed by atoms with Crippen LogP contribution in [0.25, 0.3) is 11.6 Å². The number of carbonyl (C=O) groups is 1. The average Bonchev–Trinajstić information content (AvgIpc) is 3.31. The third-order valence-electron chi connectivity index (χ3n) is 5.08. The van der Waals surface area contributed by atoms with E-state index >= 15 is 0 Å². The predicted octanol–water partition coefficient (Wildman–Crippen LogP) is 2.21. The molecule has 1 fully saturated rings. The second-order valence-electron chi connectivity index (χ2n) is 6.89. The van der Waals surface area contributed by atoms with Gasteiger partial charge in [-0.25, -0.2) is 0 Å². The van der Waals surface area contributed by atoms with Gasteiger partial charge in [0, 0.05) is 24.6 Å². The molecule has 2 aliphatic rings. The van der Waals surface area contributed by atoms with Crippen molar-refractivity contribution in [3.8, 4) is 17.6 Å². The summed E-state index contributed by atoms with van der Waals surface area (Å²) in [6.07, 6.45) is 4.19. The minimum Gasteiger partial charge on any atom is -0.495 e. The van der Waals surface area contributed by atoms with Crippen LogP contribution in [0.15, 0.2) is 24.4 Å². The number of anilines is 2. The molecule has 1 saturated heterocycles. The summed E-state index contributed by atoms with van der Waals surface area (Å²) >= 11 is 0. The van der Waals surface area contributed by atoms with E-state index in [0.29, 0.717) is 65.6 Å². The molecule has 0 unspecified atom stereocenters. The van der Waals surface area contributed by atoms with E-state index in [0.717, 1.165) is 0 Å².